The summed E-state index contributed by atoms with van der Waals surface area (Å²) in [6.45, 7) is 2.47. The van der Waals surface area contributed by atoms with Gasteiger partial charge in [0, 0.05) is 17.5 Å². The predicted octanol–water partition coefficient (Wildman–Crippen LogP) is 3.23. The summed E-state index contributed by atoms with van der Waals surface area (Å²) in [5.74, 6) is 0.618. The second kappa shape index (κ2) is 6.29. The van der Waals surface area contributed by atoms with Gasteiger partial charge in [-0.1, -0.05) is 6.42 Å². The number of phenolic OH excluding ortho intramolecular Hbond substituents is 1. The molecule has 2 N–H and O–H groups in total. The first-order valence-electron chi connectivity index (χ1n) is 6.78. The zero-order valence-electron chi connectivity index (χ0n) is 11.2. The van der Waals surface area contributed by atoms with Crippen molar-refractivity contribution in [3.05, 3.63) is 29.3 Å². The van der Waals surface area contributed by atoms with Gasteiger partial charge < -0.3 is 10.4 Å². The summed E-state index contributed by atoms with van der Waals surface area (Å²) >= 11 is 6.14. The van der Waals surface area contributed by atoms with E-state index in [2.05, 4.69) is 5.32 Å². The first kappa shape index (κ1) is 14.2. The standard InChI is InChI=1S/C15H20ClNO2/c1-10-7-12(5-6-14(10)18)15(19)17-9-11-3-2-4-13(16)8-11/h5-7,11,13,18H,2-4,8-9H2,1H3,(H,17,19). The number of benzene rings is 1. The van der Waals surface area contributed by atoms with E-state index in [9.17, 15) is 9.90 Å². The average Bonchev–Trinajstić information content (AvgIpc) is 2.39. The molecule has 0 radical (unpaired) electrons. The highest BCUT2D eigenvalue weighted by Gasteiger charge is 2.20. The third kappa shape index (κ3) is 3.87. The van der Waals surface area contributed by atoms with Crippen LogP contribution in [-0.2, 0) is 0 Å². The summed E-state index contributed by atoms with van der Waals surface area (Å²) in [5.41, 5.74) is 1.31. The molecule has 1 aliphatic carbocycles. The lowest BCUT2D eigenvalue weighted by Crippen LogP contribution is -2.32. The maximum Gasteiger partial charge on any atom is 0.251 e. The number of aromatic hydroxyl groups is 1. The molecule has 19 heavy (non-hydrogen) atoms. The Labute approximate surface area is 119 Å². The van der Waals surface area contributed by atoms with E-state index in [1.165, 1.54) is 0 Å². The van der Waals surface area contributed by atoms with E-state index in [4.69, 9.17) is 11.6 Å². The van der Waals surface area contributed by atoms with Crippen LogP contribution in [0, 0.1) is 12.8 Å². The molecule has 4 heteroatoms. The molecular formula is C15H20ClNO2. The van der Waals surface area contributed by atoms with Crippen molar-refractivity contribution >= 4 is 17.5 Å². The van der Waals surface area contributed by atoms with E-state index in [0.717, 1.165) is 25.7 Å². The van der Waals surface area contributed by atoms with Gasteiger partial charge in [-0.05, 0) is 55.9 Å². The number of alkyl halides is 1. The lowest BCUT2D eigenvalue weighted by Gasteiger charge is -2.25. The van der Waals surface area contributed by atoms with Crippen LogP contribution in [0.25, 0.3) is 0 Å². The van der Waals surface area contributed by atoms with E-state index in [-0.39, 0.29) is 17.0 Å². The minimum atomic E-state index is -0.0835. The van der Waals surface area contributed by atoms with E-state index < -0.39 is 0 Å². The molecule has 1 fully saturated rings. The molecule has 1 saturated carbocycles. The van der Waals surface area contributed by atoms with Gasteiger partial charge in [0.1, 0.15) is 5.75 Å². The quantitative estimate of drug-likeness (QED) is 0.836. The van der Waals surface area contributed by atoms with Crippen LogP contribution >= 0.6 is 11.6 Å². The fourth-order valence-corrected chi connectivity index (χ4v) is 2.95. The highest BCUT2D eigenvalue weighted by atomic mass is 35.5. The summed E-state index contributed by atoms with van der Waals surface area (Å²) in [7, 11) is 0. The number of phenols is 1. The maximum absolute atomic E-state index is 12.0. The summed E-state index contributed by atoms with van der Waals surface area (Å²) in [4.78, 5) is 12.0. The first-order chi connectivity index (χ1) is 9.06. The van der Waals surface area contributed by atoms with Crippen molar-refractivity contribution in [1.29, 1.82) is 0 Å². The van der Waals surface area contributed by atoms with Gasteiger partial charge in [-0.3, -0.25) is 4.79 Å². The lowest BCUT2D eigenvalue weighted by molar-refractivity contribution is 0.0943. The third-order valence-corrected chi connectivity index (χ3v) is 4.13. The molecule has 1 aliphatic rings. The first-order valence-corrected chi connectivity index (χ1v) is 7.22. The van der Waals surface area contributed by atoms with Crippen LogP contribution in [-0.4, -0.2) is 22.9 Å². The highest BCUT2D eigenvalue weighted by molar-refractivity contribution is 6.20. The zero-order chi connectivity index (χ0) is 13.8. The number of aryl methyl sites for hydroxylation is 1. The molecule has 1 amide bonds. The zero-order valence-corrected chi connectivity index (χ0v) is 11.9. The Hall–Kier alpha value is -1.22. The fraction of sp³-hybridized carbons (Fsp3) is 0.533. The van der Waals surface area contributed by atoms with Gasteiger partial charge in [-0.25, -0.2) is 0 Å². The molecule has 0 spiro atoms. The van der Waals surface area contributed by atoms with Crippen molar-refractivity contribution < 1.29 is 9.90 Å². The predicted molar refractivity (Wildman–Crippen MR) is 76.8 cm³/mol. The molecular weight excluding hydrogens is 262 g/mol. The van der Waals surface area contributed by atoms with Crippen molar-refractivity contribution in [3.8, 4) is 5.75 Å². The molecule has 104 valence electrons. The van der Waals surface area contributed by atoms with Gasteiger partial charge in [0.05, 0.1) is 0 Å². The Balaban J connectivity index is 1.88. The Kier molecular flexibility index (Phi) is 4.70. The van der Waals surface area contributed by atoms with Crippen molar-refractivity contribution in [1.82, 2.24) is 5.32 Å². The van der Waals surface area contributed by atoms with Gasteiger partial charge in [-0.15, -0.1) is 11.6 Å². The normalized spacial score (nSPS) is 23.1. The lowest BCUT2D eigenvalue weighted by atomic mass is 9.89. The topological polar surface area (TPSA) is 49.3 Å². The van der Waals surface area contributed by atoms with Crippen LogP contribution in [0.4, 0.5) is 0 Å². The molecule has 2 unspecified atom stereocenters. The number of carbonyl (C=O) groups is 1. The number of hydrogen-bond donors (Lipinski definition) is 2. The van der Waals surface area contributed by atoms with Crippen molar-refractivity contribution in [2.45, 2.75) is 38.0 Å². The highest BCUT2D eigenvalue weighted by Crippen LogP contribution is 2.27. The summed E-state index contributed by atoms with van der Waals surface area (Å²) in [5, 5.41) is 12.7. The molecule has 0 aliphatic heterocycles. The van der Waals surface area contributed by atoms with Gasteiger partial charge in [0.2, 0.25) is 0 Å². The van der Waals surface area contributed by atoms with Gasteiger partial charge in [0.25, 0.3) is 5.91 Å². The molecule has 0 heterocycles. The molecule has 1 aromatic rings. The number of carbonyl (C=O) groups excluding carboxylic acids is 1. The second-order valence-electron chi connectivity index (χ2n) is 5.34. The smallest absolute Gasteiger partial charge is 0.251 e. The van der Waals surface area contributed by atoms with E-state index in [0.29, 0.717) is 23.6 Å². The minimum absolute atomic E-state index is 0.0835. The fourth-order valence-electron chi connectivity index (χ4n) is 2.55. The largest absolute Gasteiger partial charge is 0.508 e. The molecule has 0 saturated heterocycles. The van der Waals surface area contributed by atoms with Gasteiger partial charge >= 0.3 is 0 Å². The van der Waals surface area contributed by atoms with E-state index >= 15 is 0 Å². The number of rotatable bonds is 3. The Morgan fingerprint density at radius 2 is 2.26 bits per heavy atom. The Bertz CT molecular complexity index is 461. The van der Waals surface area contributed by atoms with Gasteiger partial charge in [-0.2, -0.15) is 0 Å². The number of amides is 1. The molecule has 3 nitrogen and oxygen atoms in total. The summed E-state index contributed by atoms with van der Waals surface area (Å²) in [6, 6.07) is 4.90. The Morgan fingerprint density at radius 1 is 1.47 bits per heavy atom. The van der Waals surface area contributed by atoms with Gasteiger partial charge in [0.15, 0.2) is 0 Å². The van der Waals surface area contributed by atoms with E-state index in [1.54, 1.807) is 25.1 Å². The second-order valence-corrected chi connectivity index (χ2v) is 5.96. The van der Waals surface area contributed by atoms with Crippen LogP contribution in [0.3, 0.4) is 0 Å². The number of hydrogen-bond acceptors (Lipinski definition) is 2. The van der Waals surface area contributed by atoms with E-state index in [1.807, 2.05) is 0 Å². The van der Waals surface area contributed by atoms with Crippen molar-refractivity contribution in [2.24, 2.45) is 5.92 Å². The van der Waals surface area contributed by atoms with Crippen LogP contribution in [0.2, 0.25) is 0 Å². The third-order valence-electron chi connectivity index (χ3n) is 3.73. The maximum atomic E-state index is 12.0. The minimum Gasteiger partial charge on any atom is -0.508 e. The number of nitrogens with one attached hydrogen (secondary N) is 1. The monoisotopic (exact) mass is 281 g/mol. The SMILES string of the molecule is Cc1cc(C(=O)NCC2CCCC(Cl)C2)ccc1O. The van der Waals surface area contributed by atoms with Crippen LogP contribution in [0.15, 0.2) is 18.2 Å². The number of halogens is 1. The van der Waals surface area contributed by atoms with Crippen molar-refractivity contribution in [2.75, 3.05) is 6.54 Å². The summed E-state index contributed by atoms with van der Waals surface area (Å²) < 4.78 is 0. The van der Waals surface area contributed by atoms with Crippen LogP contribution < -0.4 is 5.32 Å². The average molecular weight is 282 g/mol. The molecule has 1 aromatic carbocycles. The van der Waals surface area contributed by atoms with Crippen LogP contribution in [0.1, 0.15) is 41.6 Å². The molecule has 2 atom stereocenters. The Morgan fingerprint density at radius 3 is 2.95 bits per heavy atom. The molecule has 0 aromatic heterocycles. The van der Waals surface area contributed by atoms with Crippen molar-refractivity contribution in [3.63, 3.8) is 0 Å². The molecule has 0 bridgehead atoms. The molecule has 2 rings (SSSR count). The summed E-state index contributed by atoms with van der Waals surface area (Å²) in [6.07, 6.45) is 4.35. The van der Waals surface area contributed by atoms with Crippen LogP contribution in [0.5, 0.6) is 5.75 Å².